The van der Waals surface area contributed by atoms with Crippen molar-refractivity contribution in [2.24, 2.45) is 0 Å². The number of carbonyl (C=O) groups excluding carboxylic acids is 1. The maximum absolute atomic E-state index is 12.7. The average molecular weight is 338 g/mol. The van der Waals surface area contributed by atoms with Gasteiger partial charge in [-0.3, -0.25) is 4.79 Å². The molecule has 0 radical (unpaired) electrons. The zero-order valence-corrected chi connectivity index (χ0v) is 14.0. The summed E-state index contributed by atoms with van der Waals surface area (Å²) >= 11 is 1.61. The molecule has 0 saturated carbocycles. The van der Waals surface area contributed by atoms with E-state index >= 15 is 0 Å². The first-order chi connectivity index (χ1) is 11.8. The second-order valence-electron chi connectivity index (χ2n) is 5.99. The predicted octanol–water partition coefficient (Wildman–Crippen LogP) is 3.09. The summed E-state index contributed by atoms with van der Waals surface area (Å²) < 4.78 is 1.05. The number of anilines is 1. The lowest BCUT2D eigenvalue weighted by molar-refractivity contribution is 0.0935. The van der Waals surface area contributed by atoms with Gasteiger partial charge in [-0.1, -0.05) is 12.1 Å². The van der Waals surface area contributed by atoms with Crippen molar-refractivity contribution in [2.75, 3.05) is 18.0 Å². The highest BCUT2D eigenvalue weighted by molar-refractivity contribution is 7.17. The number of rotatable bonds is 3. The monoisotopic (exact) mass is 338 g/mol. The van der Waals surface area contributed by atoms with E-state index in [1.807, 2.05) is 41.8 Å². The van der Waals surface area contributed by atoms with Crippen LogP contribution in [0.2, 0.25) is 0 Å². The number of nitrogens with zero attached hydrogens (tertiary/aromatic N) is 3. The Bertz CT molecular complexity index is 848. The first kappa shape index (κ1) is 15.1. The number of thiophene rings is 1. The van der Waals surface area contributed by atoms with Gasteiger partial charge in [-0.25, -0.2) is 0 Å². The van der Waals surface area contributed by atoms with Crippen molar-refractivity contribution in [1.29, 1.82) is 0 Å². The molecule has 1 atom stereocenters. The number of nitrogens with one attached hydrogen (secondary N) is 1. The molecule has 122 valence electrons. The molecule has 3 heterocycles. The van der Waals surface area contributed by atoms with Crippen molar-refractivity contribution in [1.82, 2.24) is 15.5 Å². The molecule has 3 aromatic rings. The first-order valence-electron chi connectivity index (χ1n) is 8.11. The number of benzene rings is 1. The smallest absolute Gasteiger partial charge is 0.253 e. The van der Waals surface area contributed by atoms with E-state index in [-0.39, 0.29) is 11.9 Å². The number of aromatic nitrogens is 2. The Kier molecular flexibility index (Phi) is 4.13. The second-order valence-corrected chi connectivity index (χ2v) is 6.90. The van der Waals surface area contributed by atoms with Gasteiger partial charge in [0.1, 0.15) is 0 Å². The number of carbonyl (C=O) groups is 1. The van der Waals surface area contributed by atoms with Gasteiger partial charge in [-0.05, 0) is 47.9 Å². The predicted molar refractivity (Wildman–Crippen MR) is 96.6 cm³/mol. The van der Waals surface area contributed by atoms with Crippen molar-refractivity contribution in [3.8, 4) is 0 Å². The SMILES string of the molecule is O=C(N[C@@H]1CCCN(c2cccnn2)C1)c1cccc2ccsc12. The van der Waals surface area contributed by atoms with Crippen LogP contribution < -0.4 is 10.2 Å². The van der Waals surface area contributed by atoms with Gasteiger partial charge in [0.2, 0.25) is 0 Å². The zero-order valence-electron chi connectivity index (χ0n) is 13.2. The Labute approximate surface area is 144 Å². The van der Waals surface area contributed by atoms with Gasteiger partial charge in [-0.2, -0.15) is 5.10 Å². The van der Waals surface area contributed by atoms with Gasteiger partial charge >= 0.3 is 0 Å². The lowest BCUT2D eigenvalue weighted by Crippen LogP contribution is -2.48. The van der Waals surface area contributed by atoms with E-state index < -0.39 is 0 Å². The molecule has 1 aliphatic rings. The minimum atomic E-state index is 0.00838. The molecule has 0 bridgehead atoms. The summed E-state index contributed by atoms with van der Waals surface area (Å²) in [5.41, 5.74) is 0.763. The molecular formula is C18H18N4OS. The largest absolute Gasteiger partial charge is 0.353 e. The van der Waals surface area contributed by atoms with Gasteiger partial charge in [0.15, 0.2) is 5.82 Å². The molecule has 0 aliphatic carbocycles. The van der Waals surface area contributed by atoms with Crippen LogP contribution in [-0.2, 0) is 0 Å². The minimum absolute atomic E-state index is 0.00838. The molecule has 4 rings (SSSR count). The molecule has 1 aromatic carbocycles. The van der Waals surface area contributed by atoms with Crippen LogP contribution in [0.3, 0.4) is 0 Å². The van der Waals surface area contributed by atoms with E-state index in [4.69, 9.17) is 0 Å². The van der Waals surface area contributed by atoms with Crippen molar-refractivity contribution < 1.29 is 4.79 Å². The molecule has 1 saturated heterocycles. The molecule has 1 N–H and O–H groups in total. The van der Waals surface area contributed by atoms with Crippen molar-refractivity contribution in [3.63, 3.8) is 0 Å². The Morgan fingerprint density at radius 1 is 1.25 bits per heavy atom. The van der Waals surface area contributed by atoms with Crippen LogP contribution in [0.1, 0.15) is 23.2 Å². The third-order valence-electron chi connectivity index (χ3n) is 4.36. The topological polar surface area (TPSA) is 58.1 Å². The Morgan fingerprint density at radius 3 is 3.08 bits per heavy atom. The standard InChI is InChI=1S/C18H18N4OS/c23-18(15-6-1-4-13-8-11-24-17(13)15)20-14-5-3-10-22(12-14)16-7-2-9-19-21-16/h1-2,4,6-9,11,14H,3,5,10,12H2,(H,20,23)/t14-/m1/s1. The van der Waals surface area contributed by atoms with Gasteiger partial charge < -0.3 is 10.2 Å². The van der Waals surface area contributed by atoms with E-state index in [9.17, 15) is 4.79 Å². The summed E-state index contributed by atoms with van der Waals surface area (Å²) in [7, 11) is 0. The van der Waals surface area contributed by atoms with Crippen LogP contribution in [0.25, 0.3) is 10.1 Å². The zero-order chi connectivity index (χ0) is 16.4. The summed E-state index contributed by atoms with van der Waals surface area (Å²) in [5.74, 6) is 0.880. The highest BCUT2D eigenvalue weighted by Gasteiger charge is 2.23. The van der Waals surface area contributed by atoms with E-state index in [1.165, 1.54) is 0 Å². The molecule has 5 nitrogen and oxygen atoms in total. The number of piperidine rings is 1. The Morgan fingerprint density at radius 2 is 2.21 bits per heavy atom. The highest BCUT2D eigenvalue weighted by Crippen LogP contribution is 2.25. The van der Waals surface area contributed by atoms with Crippen molar-refractivity contribution in [2.45, 2.75) is 18.9 Å². The third kappa shape index (κ3) is 2.97. The van der Waals surface area contributed by atoms with E-state index in [1.54, 1.807) is 17.5 Å². The summed E-state index contributed by atoms with van der Waals surface area (Å²) in [6, 6.07) is 11.9. The molecule has 1 amide bonds. The number of fused-ring (bicyclic) bond motifs is 1. The molecule has 1 aliphatic heterocycles. The molecule has 0 spiro atoms. The van der Waals surface area contributed by atoms with Gasteiger partial charge in [-0.15, -0.1) is 16.4 Å². The Balaban J connectivity index is 1.48. The summed E-state index contributed by atoms with van der Waals surface area (Å²) in [6.45, 7) is 1.72. The fourth-order valence-corrected chi connectivity index (χ4v) is 4.11. The summed E-state index contributed by atoms with van der Waals surface area (Å²) in [4.78, 5) is 14.9. The summed E-state index contributed by atoms with van der Waals surface area (Å²) in [6.07, 6.45) is 3.70. The van der Waals surface area contributed by atoms with Crippen LogP contribution in [0.5, 0.6) is 0 Å². The average Bonchev–Trinajstić information content (AvgIpc) is 3.11. The molecule has 0 unspecified atom stereocenters. The maximum Gasteiger partial charge on any atom is 0.253 e. The highest BCUT2D eigenvalue weighted by atomic mass is 32.1. The van der Waals surface area contributed by atoms with Gasteiger partial charge in [0.05, 0.1) is 5.56 Å². The normalized spacial score (nSPS) is 17.8. The fourth-order valence-electron chi connectivity index (χ4n) is 3.20. The minimum Gasteiger partial charge on any atom is -0.353 e. The van der Waals surface area contributed by atoms with Crippen LogP contribution in [0.4, 0.5) is 5.82 Å². The van der Waals surface area contributed by atoms with E-state index in [2.05, 4.69) is 20.4 Å². The van der Waals surface area contributed by atoms with Crippen LogP contribution in [-0.4, -0.2) is 35.2 Å². The molecular weight excluding hydrogens is 320 g/mol. The van der Waals surface area contributed by atoms with E-state index in [0.717, 1.165) is 47.4 Å². The number of amides is 1. The quantitative estimate of drug-likeness (QED) is 0.797. The molecule has 24 heavy (non-hydrogen) atoms. The maximum atomic E-state index is 12.7. The number of hydrogen-bond acceptors (Lipinski definition) is 5. The van der Waals surface area contributed by atoms with Crippen LogP contribution >= 0.6 is 11.3 Å². The lowest BCUT2D eigenvalue weighted by atomic mass is 10.0. The van der Waals surface area contributed by atoms with Crippen molar-refractivity contribution in [3.05, 3.63) is 53.5 Å². The molecule has 2 aromatic heterocycles. The summed E-state index contributed by atoms with van der Waals surface area (Å²) in [5, 5.41) is 14.5. The third-order valence-corrected chi connectivity index (χ3v) is 5.33. The van der Waals surface area contributed by atoms with Crippen molar-refractivity contribution >= 4 is 33.1 Å². The Hall–Kier alpha value is -2.47. The van der Waals surface area contributed by atoms with Gasteiger partial charge in [0.25, 0.3) is 5.91 Å². The first-order valence-corrected chi connectivity index (χ1v) is 8.99. The fraction of sp³-hybridized carbons (Fsp3) is 0.278. The molecule has 1 fully saturated rings. The lowest BCUT2D eigenvalue weighted by Gasteiger charge is -2.33. The van der Waals surface area contributed by atoms with Gasteiger partial charge in [0, 0.05) is 30.0 Å². The van der Waals surface area contributed by atoms with Crippen LogP contribution in [0, 0.1) is 0 Å². The second kappa shape index (κ2) is 6.57. The van der Waals surface area contributed by atoms with E-state index in [0.29, 0.717) is 0 Å². The number of hydrogen-bond donors (Lipinski definition) is 1. The van der Waals surface area contributed by atoms with Crippen LogP contribution in [0.15, 0.2) is 48.0 Å². The molecule has 6 heteroatoms.